The number of rotatable bonds is 10. The molecule has 0 spiro atoms. The lowest BCUT2D eigenvalue weighted by Gasteiger charge is -2.32. The lowest BCUT2D eigenvalue weighted by molar-refractivity contribution is -0.0956. The molecule has 0 rings (SSSR count). The number of hydrogen-bond donors (Lipinski definition) is 2. The molecule has 0 saturated carbocycles. The molecule has 0 aromatic rings. The molecular weight excluding hydrogens is 228 g/mol. The van der Waals surface area contributed by atoms with Gasteiger partial charge in [-0.05, 0) is 32.1 Å². The van der Waals surface area contributed by atoms with Crippen molar-refractivity contribution in [3.05, 3.63) is 0 Å². The highest BCUT2D eigenvalue weighted by Crippen LogP contribution is 2.24. The van der Waals surface area contributed by atoms with Crippen molar-refractivity contribution in [1.82, 2.24) is 0 Å². The highest BCUT2D eigenvalue weighted by molar-refractivity contribution is 4.78. The Morgan fingerprint density at radius 1 is 1.06 bits per heavy atom. The fourth-order valence-corrected chi connectivity index (χ4v) is 1.94. The van der Waals surface area contributed by atoms with Crippen LogP contribution in [0.1, 0.15) is 66.7 Å². The predicted molar refractivity (Wildman–Crippen MR) is 75.6 cm³/mol. The van der Waals surface area contributed by atoms with Gasteiger partial charge >= 0.3 is 0 Å². The third-order valence-electron chi connectivity index (χ3n) is 3.88. The van der Waals surface area contributed by atoms with E-state index in [4.69, 9.17) is 4.74 Å². The second-order valence-corrected chi connectivity index (χ2v) is 5.78. The summed E-state index contributed by atoms with van der Waals surface area (Å²) in [4.78, 5) is 0. The maximum absolute atomic E-state index is 9.91. The van der Waals surface area contributed by atoms with Crippen molar-refractivity contribution in [1.29, 1.82) is 0 Å². The summed E-state index contributed by atoms with van der Waals surface area (Å²) in [6.07, 6.45) is 3.37. The van der Waals surface area contributed by atoms with Gasteiger partial charge in [-0.3, -0.25) is 0 Å². The van der Waals surface area contributed by atoms with E-state index in [0.717, 1.165) is 25.7 Å². The lowest BCUT2D eigenvalue weighted by atomic mass is 9.94. The molecule has 0 bridgehead atoms. The molecule has 0 heterocycles. The normalized spacial score (nSPS) is 20.2. The van der Waals surface area contributed by atoms with E-state index in [2.05, 4.69) is 20.8 Å². The van der Waals surface area contributed by atoms with Gasteiger partial charge in [0.1, 0.15) is 0 Å². The molecule has 3 heteroatoms. The minimum atomic E-state index is -0.399. The van der Waals surface area contributed by atoms with Crippen molar-refractivity contribution in [2.75, 3.05) is 6.61 Å². The van der Waals surface area contributed by atoms with Crippen LogP contribution < -0.4 is 0 Å². The zero-order valence-electron chi connectivity index (χ0n) is 12.8. The molecule has 0 amide bonds. The molecular formula is C15H32O3. The van der Waals surface area contributed by atoms with Crippen molar-refractivity contribution < 1.29 is 14.9 Å². The van der Waals surface area contributed by atoms with Crippen LogP contribution >= 0.6 is 0 Å². The van der Waals surface area contributed by atoms with E-state index in [1.54, 1.807) is 0 Å². The first kappa shape index (κ1) is 17.9. The Morgan fingerprint density at radius 2 is 1.67 bits per heavy atom. The van der Waals surface area contributed by atoms with E-state index in [9.17, 15) is 10.2 Å². The maximum atomic E-state index is 9.91. The Kier molecular flexibility index (Phi) is 8.83. The molecule has 18 heavy (non-hydrogen) atoms. The molecule has 0 aliphatic rings. The first-order valence-corrected chi connectivity index (χ1v) is 7.36. The fourth-order valence-electron chi connectivity index (χ4n) is 1.94. The van der Waals surface area contributed by atoms with E-state index in [1.807, 2.05) is 13.8 Å². The topological polar surface area (TPSA) is 49.7 Å². The van der Waals surface area contributed by atoms with Crippen molar-refractivity contribution >= 4 is 0 Å². The number of hydrogen-bond acceptors (Lipinski definition) is 3. The van der Waals surface area contributed by atoms with Crippen LogP contribution in [0, 0.1) is 5.92 Å². The molecule has 0 aromatic carbocycles. The van der Waals surface area contributed by atoms with Gasteiger partial charge in [0, 0.05) is 6.42 Å². The summed E-state index contributed by atoms with van der Waals surface area (Å²) in [6.45, 7) is 10.7. The van der Waals surface area contributed by atoms with Crippen LogP contribution in [0.3, 0.4) is 0 Å². The Morgan fingerprint density at radius 3 is 2.11 bits per heavy atom. The van der Waals surface area contributed by atoms with E-state index in [-0.39, 0.29) is 11.7 Å². The Bertz CT molecular complexity index is 208. The van der Waals surface area contributed by atoms with Gasteiger partial charge in [0.15, 0.2) is 0 Å². The van der Waals surface area contributed by atoms with Crippen LogP contribution in [0.5, 0.6) is 0 Å². The summed E-state index contributed by atoms with van der Waals surface area (Å²) >= 11 is 0. The lowest BCUT2D eigenvalue weighted by Crippen LogP contribution is -2.35. The average Bonchev–Trinajstić information content (AvgIpc) is 2.36. The smallest absolute Gasteiger partial charge is 0.0776 e. The standard InChI is InChI=1S/C15H32O3/c1-6-12(4)9-14(17)11-18-15(5,8-3)10-13(16)7-2/h12-14,16-17H,6-11H2,1-5H3. The highest BCUT2D eigenvalue weighted by atomic mass is 16.5. The van der Waals surface area contributed by atoms with E-state index in [0.29, 0.717) is 18.9 Å². The summed E-state index contributed by atoms with van der Waals surface area (Å²) in [5, 5.41) is 19.6. The van der Waals surface area contributed by atoms with Gasteiger partial charge in [-0.25, -0.2) is 0 Å². The van der Waals surface area contributed by atoms with Crippen LogP contribution in [-0.4, -0.2) is 34.6 Å². The minimum Gasteiger partial charge on any atom is -0.393 e. The summed E-state index contributed by atoms with van der Waals surface area (Å²) in [5.41, 5.74) is -0.328. The third-order valence-corrected chi connectivity index (χ3v) is 3.88. The van der Waals surface area contributed by atoms with Crippen LogP contribution in [-0.2, 0) is 4.74 Å². The van der Waals surface area contributed by atoms with Gasteiger partial charge in [-0.2, -0.15) is 0 Å². The summed E-state index contributed by atoms with van der Waals surface area (Å²) < 4.78 is 5.85. The molecule has 0 aliphatic carbocycles. The van der Waals surface area contributed by atoms with Gasteiger partial charge in [-0.15, -0.1) is 0 Å². The molecule has 110 valence electrons. The monoisotopic (exact) mass is 260 g/mol. The van der Waals surface area contributed by atoms with E-state index < -0.39 is 6.10 Å². The molecule has 3 nitrogen and oxygen atoms in total. The highest BCUT2D eigenvalue weighted by Gasteiger charge is 2.27. The third kappa shape index (κ3) is 7.34. The second-order valence-electron chi connectivity index (χ2n) is 5.78. The summed E-state index contributed by atoms with van der Waals surface area (Å²) in [7, 11) is 0. The first-order valence-electron chi connectivity index (χ1n) is 7.36. The molecule has 2 N–H and O–H groups in total. The van der Waals surface area contributed by atoms with Gasteiger partial charge in [0.2, 0.25) is 0 Å². The summed E-state index contributed by atoms with van der Waals surface area (Å²) in [5.74, 6) is 0.526. The minimum absolute atomic E-state index is 0.318. The Labute approximate surface area is 113 Å². The maximum Gasteiger partial charge on any atom is 0.0776 e. The molecule has 4 atom stereocenters. The molecule has 0 radical (unpaired) electrons. The number of aliphatic hydroxyl groups excluding tert-OH is 2. The van der Waals surface area contributed by atoms with Crippen LogP contribution in [0.25, 0.3) is 0 Å². The SMILES string of the molecule is CCC(C)CC(O)COC(C)(CC)CC(O)CC. The summed E-state index contributed by atoms with van der Waals surface area (Å²) in [6, 6.07) is 0. The zero-order chi connectivity index (χ0) is 14.2. The average molecular weight is 260 g/mol. The Hall–Kier alpha value is -0.120. The Balaban J connectivity index is 4.12. The van der Waals surface area contributed by atoms with Crippen molar-refractivity contribution in [3.8, 4) is 0 Å². The van der Waals surface area contributed by atoms with Crippen molar-refractivity contribution in [2.45, 2.75) is 84.5 Å². The van der Waals surface area contributed by atoms with Crippen molar-refractivity contribution in [2.24, 2.45) is 5.92 Å². The van der Waals surface area contributed by atoms with Crippen molar-refractivity contribution in [3.63, 3.8) is 0 Å². The van der Waals surface area contributed by atoms with Gasteiger partial charge in [0.05, 0.1) is 24.4 Å². The zero-order valence-corrected chi connectivity index (χ0v) is 12.8. The molecule has 0 fully saturated rings. The van der Waals surface area contributed by atoms with E-state index >= 15 is 0 Å². The predicted octanol–water partition coefficient (Wildman–Crippen LogP) is 3.13. The van der Waals surface area contributed by atoms with Crippen LogP contribution in [0.4, 0.5) is 0 Å². The molecule has 4 unspecified atom stereocenters. The molecule has 0 saturated heterocycles. The fraction of sp³-hybridized carbons (Fsp3) is 1.00. The van der Waals surface area contributed by atoms with E-state index in [1.165, 1.54) is 0 Å². The van der Waals surface area contributed by atoms with Gasteiger partial charge in [0.25, 0.3) is 0 Å². The molecule has 0 aromatic heterocycles. The van der Waals surface area contributed by atoms with Gasteiger partial charge < -0.3 is 14.9 Å². The molecule has 0 aliphatic heterocycles. The van der Waals surface area contributed by atoms with Gasteiger partial charge in [-0.1, -0.05) is 34.1 Å². The van der Waals surface area contributed by atoms with Crippen LogP contribution in [0.15, 0.2) is 0 Å². The largest absolute Gasteiger partial charge is 0.393 e. The quantitative estimate of drug-likeness (QED) is 0.634. The number of ether oxygens (including phenoxy) is 1. The first-order chi connectivity index (χ1) is 8.36. The number of aliphatic hydroxyl groups is 2. The van der Waals surface area contributed by atoms with Crippen LogP contribution in [0.2, 0.25) is 0 Å². The second kappa shape index (κ2) is 8.89.